The SMILES string of the molecule is CCc1nnsc1-c1ccc(OCC(O)CNC(C)(C)C)cc1. The van der Waals surface area contributed by atoms with Crippen LogP contribution in [0.5, 0.6) is 5.75 Å². The Labute approximate surface area is 141 Å². The summed E-state index contributed by atoms with van der Waals surface area (Å²) in [5.74, 6) is 0.749. The molecule has 0 fully saturated rings. The number of aliphatic hydroxyl groups excluding tert-OH is 1. The molecule has 2 aromatic rings. The van der Waals surface area contributed by atoms with Crippen LogP contribution in [0.15, 0.2) is 24.3 Å². The van der Waals surface area contributed by atoms with E-state index >= 15 is 0 Å². The fraction of sp³-hybridized carbons (Fsp3) is 0.529. The van der Waals surface area contributed by atoms with Gasteiger partial charge in [-0.25, -0.2) is 0 Å². The average molecular weight is 335 g/mol. The van der Waals surface area contributed by atoms with E-state index in [1.54, 1.807) is 0 Å². The molecule has 126 valence electrons. The largest absolute Gasteiger partial charge is 0.491 e. The van der Waals surface area contributed by atoms with Crippen molar-refractivity contribution in [3.05, 3.63) is 30.0 Å². The van der Waals surface area contributed by atoms with Crippen LogP contribution in [-0.4, -0.2) is 39.5 Å². The van der Waals surface area contributed by atoms with E-state index in [0.29, 0.717) is 6.54 Å². The summed E-state index contributed by atoms with van der Waals surface area (Å²) >= 11 is 1.41. The van der Waals surface area contributed by atoms with Crippen LogP contribution in [0.25, 0.3) is 10.4 Å². The van der Waals surface area contributed by atoms with Crippen molar-refractivity contribution in [1.29, 1.82) is 0 Å². The van der Waals surface area contributed by atoms with Gasteiger partial charge in [-0.15, -0.1) is 5.10 Å². The van der Waals surface area contributed by atoms with Crippen molar-refractivity contribution >= 4 is 11.5 Å². The van der Waals surface area contributed by atoms with Gasteiger partial charge in [-0.05, 0) is 68.6 Å². The zero-order chi connectivity index (χ0) is 16.9. The van der Waals surface area contributed by atoms with Gasteiger partial charge in [-0.1, -0.05) is 11.4 Å². The van der Waals surface area contributed by atoms with E-state index in [1.807, 2.05) is 24.3 Å². The minimum Gasteiger partial charge on any atom is -0.491 e. The summed E-state index contributed by atoms with van der Waals surface area (Å²) in [6.07, 6.45) is 0.336. The lowest BCUT2D eigenvalue weighted by Crippen LogP contribution is -2.42. The Morgan fingerprint density at radius 2 is 1.96 bits per heavy atom. The van der Waals surface area contributed by atoms with E-state index in [-0.39, 0.29) is 12.1 Å². The molecular weight excluding hydrogens is 310 g/mol. The number of hydrogen-bond acceptors (Lipinski definition) is 6. The molecule has 23 heavy (non-hydrogen) atoms. The van der Waals surface area contributed by atoms with Crippen molar-refractivity contribution in [2.75, 3.05) is 13.2 Å². The Morgan fingerprint density at radius 1 is 1.26 bits per heavy atom. The van der Waals surface area contributed by atoms with Gasteiger partial charge in [0.05, 0.1) is 10.6 Å². The van der Waals surface area contributed by atoms with E-state index < -0.39 is 6.10 Å². The van der Waals surface area contributed by atoms with Crippen LogP contribution in [0.1, 0.15) is 33.4 Å². The Kier molecular flexibility index (Phi) is 6.10. The second-order valence-electron chi connectivity index (χ2n) is 6.52. The summed E-state index contributed by atoms with van der Waals surface area (Å²) in [4.78, 5) is 1.11. The molecule has 0 aliphatic rings. The van der Waals surface area contributed by atoms with Crippen LogP contribution >= 0.6 is 11.5 Å². The summed E-state index contributed by atoms with van der Waals surface area (Å²) in [6.45, 7) is 9.05. The lowest BCUT2D eigenvalue weighted by Gasteiger charge is -2.23. The maximum absolute atomic E-state index is 9.94. The Bertz CT molecular complexity index is 605. The zero-order valence-corrected chi connectivity index (χ0v) is 15.0. The minimum atomic E-state index is -0.536. The Morgan fingerprint density at radius 3 is 2.57 bits per heavy atom. The van der Waals surface area contributed by atoms with Gasteiger partial charge < -0.3 is 15.2 Å². The van der Waals surface area contributed by atoms with Crippen LogP contribution < -0.4 is 10.1 Å². The predicted octanol–water partition coefficient (Wildman–Crippen LogP) is 2.90. The fourth-order valence-corrected chi connectivity index (χ4v) is 2.79. The number of aliphatic hydroxyl groups is 1. The van der Waals surface area contributed by atoms with Crippen LogP contribution in [0.2, 0.25) is 0 Å². The molecule has 6 heteroatoms. The first kappa shape index (κ1) is 17.8. The van der Waals surface area contributed by atoms with E-state index in [2.05, 4.69) is 42.6 Å². The second-order valence-corrected chi connectivity index (χ2v) is 7.28. The van der Waals surface area contributed by atoms with Crippen molar-refractivity contribution in [2.45, 2.75) is 45.8 Å². The number of rotatable bonds is 7. The van der Waals surface area contributed by atoms with Gasteiger partial charge in [0.1, 0.15) is 18.5 Å². The highest BCUT2D eigenvalue weighted by Crippen LogP contribution is 2.28. The number of hydrogen-bond donors (Lipinski definition) is 2. The quantitative estimate of drug-likeness (QED) is 0.814. The molecule has 1 aromatic carbocycles. The number of aromatic nitrogens is 2. The fourth-order valence-electron chi connectivity index (χ4n) is 2.04. The molecule has 1 aromatic heterocycles. The van der Waals surface area contributed by atoms with Crippen LogP contribution in [0.3, 0.4) is 0 Å². The van der Waals surface area contributed by atoms with Crippen LogP contribution in [0, 0.1) is 0 Å². The normalized spacial score (nSPS) is 13.1. The summed E-state index contributed by atoms with van der Waals surface area (Å²) in [7, 11) is 0. The lowest BCUT2D eigenvalue weighted by atomic mass is 10.1. The first-order valence-corrected chi connectivity index (χ1v) is 8.64. The summed E-state index contributed by atoms with van der Waals surface area (Å²) in [5.41, 5.74) is 2.11. The highest BCUT2D eigenvalue weighted by Gasteiger charge is 2.13. The monoisotopic (exact) mass is 335 g/mol. The number of ether oxygens (including phenoxy) is 1. The predicted molar refractivity (Wildman–Crippen MR) is 94.0 cm³/mol. The second kappa shape index (κ2) is 7.86. The molecule has 2 N–H and O–H groups in total. The summed E-state index contributed by atoms with van der Waals surface area (Å²) in [5, 5.41) is 17.3. The van der Waals surface area contributed by atoms with E-state index in [4.69, 9.17) is 4.74 Å². The Balaban J connectivity index is 1.88. The first-order chi connectivity index (χ1) is 10.9. The summed E-state index contributed by atoms with van der Waals surface area (Å²) < 4.78 is 9.66. The number of aryl methyl sites for hydroxylation is 1. The van der Waals surface area contributed by atoms with Crippen molar-refractivity contribution in [2.24, 2.45) is 0 Å². The van der Waals surface area contributed by atoms with Gasteiger partial charge in [0.25, 0.3) is 0 Å². The van der Waals surface area contributed by atoms with E-state index in [1.165, 1.54) is 11.5 Å². The number of benzene rings is 1. The maximum Gasteiger partial charge on any atom is 0.119 e. The molecule has 2 rings (SSSR count). The van der Waals surface area contributed by atoms with E-state index in [0.717, 1.165) is 28.3 Å². The molecule has 1 heterocycles. The third-order valence-electron chi connectivity index (χ3n) is 3.32. The number of nitrogens with zero attached hydrogens (tertiary/aromatic N) is 2. The highest BCUT2D eigenvalue weighted by atomic mass is 32.1. The molecule has 0 amide bonds. The topological polar surface area (TPSA) is 67.3 Å². The molecule has 0 aliphatic heterocycles. The third-order valence-corrected chi connectivity index (χ3v) is 4.13. The van der Waals surface area contributed by atoms with Crippen LogP contribution in [0.4, 0.5) is 0 Å². The van der Waals surface area contributed by atoms with Gasteiger partial charge in [-0.2, -0.15) is 0 Å². The van der Waals surface area contributed by atoms with Crippen molar-refractivity contribution in [1.82, 2.24) is 14.9 Å². The van der Waals surface area contributed by atoms with Crippen molar-refractivity contribution in [3.63, 3.8) is 0 Å². The first-order valence-electron chi connectivity index (χ1n) is 7.86. The molecule has 0 spiro atoms. The van der Waals surface area contributed by atoms with Crippen LogP contribution in [-0.2, 0) is 6.42 Å². The van der Waals surface area contributed by atoms with E-state index in [9.17, 15) is 5.11 Å². The molecule has 1 unspecified atom stereocenters. The zero-order valence-electron chi connectivity index (χ0n) is 14.2. The van der Waals surface area contributed by atoms with Crippen molar-refractivity contribution < 1.29 is 9.84 Å². The van der Waals surface area contributed by atoms with Gasteiger partial charge in [-0.3, -0.25) is 0 Å². The van der Waals surface area contributed by atoms with Gasteiger partial charge in [0, 0.05) is 12.1 Å². The molecule has 5 nitrogen and oxygen atoms in total. The standard InChI is InChI=1S/C17H25N3O2S/c1-5-15-16(23-20-19-15)12-6-8-14(9-7-12)22-11-13(21)10-18-17(2,3)4/h6-9,13,18,21H,5,10-11H2,1-4H3. The molecule has 0 saturated carbocycles. The van der Waals surface area contributed by atoms with Gasteiger partial charge >= 0.3 is 0 Å². The third kappa shape index (κ3) is 5.57. The van der Waals surface area contributed by atoms with Crippen molar-refractivity contribution in [3.8, 4) is 16.2 Å². The molecule has 0 radical (unpaired) electrons. The minimum absolute atomic E-state index is 0.0115. The molecule has 0 aliphatic carbocycles. The van der Waals surface area contributed by atoms with Gasteiger partial charge in [0.2, 0.25) is 0 Å². The molecular formula is C17H25N3O2S. The lowest BCUT2D eigenvalue weighted by molar-refractivity contribution is 0.100. The maximum atomic E-state index is 9.94. The molecule has 0 saturated heterocycles. The molecule has 1 atom stereocenters. The smallest absolute Gasteiger partial charge is 0.119 e. The average Bonchev–Trinajstić information content (AvgIpc) is 2.99. The molecule has 0 bridgehead atoms. The highest BCUT2D eigenvalue weighted by molar-refractivity contribution is 7.09. The number of β-amino-alcohol motifs (C(OH)–C–C–N with tert-alkyl or cyclic N) is 1. The summed E-state index contributed by atoms with van der Waals surface area (Å²) in [6, 6.07) is 7.84. The number of nitrogens with one attached hydrogen (secondary N) is 1. The Hall–Kier alpha value is -1.50. The van der Waals surface area contributed by atoms with Gasteiger partial charge in [0.15, 0.2) is 0 Å².